The van der Waals surface area contributed by atoms with Gasteiger partial charge in [0.25, 0.3) is 0 Å². The second-order valence-corrected chi connectivity index (χ2v) is 7.88. The smallest absolute Gasteiger partial charge is 0.410 e. The van der Waals surface area contributed by atoms with Crippen LogP contribution in [0.15, 0.2) is 12.1 Å². The van der Waals surface area contributed by atoms with Gasteiger partial charge in [-0.25, -0.2) is 4.79 Å². The topological polar surface area (TPSA) is 49.9 Å². The molecule has 0 aliphatic carbocycles. The minimum atomic E-state index is -0.472. The summed E-state index contributed by atoms with van der Waals surface area (Å²) < 4.78 is 6.49. The van der Waals surface area contributed by atoms with Crippen molar-refractivity contribution in [3.05, 3.63) is 26.8 Å². The van der Waals surface area contributed by atoms with Gasteiger partial charge in [0.15, 0.2) is 0 Å². The number of carbonyl (C=O) groups excluding carboxylic acids is 2. The number of hydrogen-bond acceptors (Lipinski definition) is 4. The van der Waals surface area contributed by atoms with Gasteiger partial charge in [-0.2, -0.15) is 0 Å². The second-order valence-electron chi connectivity index (χ2n) is 6.71. The lowest BCUT2D eigenvalue weighted by atomic mass is 10.1. The summed E-state index contributed by atoms with van der Waals surface area (Å²) in [6.07, 6.45) is 0.641. The van der Waals surface area contributed by atoms with Gasteiger partial charge in [0, 0.05) is 41.0 Å². The SMILES string of the molecule is Cc1c(I)cc(N2CCN(C(=O)OC(C)(C)C)CC2)cc1C=O. The van der Waals surface area contributed by atoms with E-state index in [9.17, 15) is 9.59 Å². The van der Waals surface area contributed by atoms with Crippen LogP contribution >= 0.6 is 22.6 Å². The first-order chi connectivity index (χ1) is 10.7. The number of benzene rings is 1. The molecule has 1 aliphatic heterocycles. The van der Waals surface area contributed by atoms with Crippen molar-refractivity contribution in [2.24, 2.45) is 0 Å². The molecular weight excluding hydrogens is 407 g/mol. The molecule has 0 radical (unpaired) electrons. The lowest BCUT2D eigenvalue weighted by Crippen LogP contribution is -2.50. The highest BCUT2D eigenvalue weighted by Crippen LogP contribution is 2.25. The third-order valence-corrected chi connectivity index (χ3v) is 4.91. The van der Waals surface area contributed by atoms with E-state index in [-0.39, 0.29) is 6.09 Å². The molecule has 126 valence electrons. The van der Waals surface area contributed by atoms with E-state index in [1.807, 2.05) is 33.8 Å². The molecule has 0 saturated carbocycles. The molecule has 1 aromatic rings. The number of halogens is 1. The maximum atomic E-state index is 12.1. The van der Waals surface area contributed by atoms with Crippen LogP contribution in [0.1, 0.15) is 36.7 Å². The molecule has 0 aromatic heterocycles. The van der Waals surface area contributed by atoms with E-state index in [2.05, 4.69) is 33.6 Å². The van der Waals surface area contributed by atoms with Gasteiger partial charge in [-0.3, -0.25) is 4.79 Å². The minimum absolute atomic E-state index is 0.260. The van der Waals surface area contributed by atoms with Crippen LogP contribution in [0.3, 0.4) is 0 Å². The van der Waals surface area contributed by atoms with Crippen molar-refractivity contribution in [2.45, 2.75) is 33.3 Å². The fourth-order valence-electron chi connectivity index (χ4n) is 2.46. The molecule has 1 saturated heterocycles. The Labute approximate surface area is 151 Å². The van der Waals surface area contributed by atoms with E-state index in [0.29, 0.717) is 13.1 Å². The largest absolute Gasteiger partial charge is 0.444 e. The average molecular weight is 430 g/mol. The van der Waals surface area contributed by atoms with Crippen molar-refractivity contribution in [3.8, 4) is 0 Å². The molecule has 0 unspecified atom stereocenters. The normalized spacial score (nSPS) is 15.5. The fraction of sp³-hybridized carbons (Fsp3) is 0.529. The molecule has 1 heterocycles. The highest BCUT2D eigenvalue weighted by Gasteiger charge is 2.26. The van der Waals surface area contributed by atoms with Gasteiger partial charge in [-0.15, -0.1) is 0 Å². The Hall–Kier alpha value is -1.31. The Morgan fingerprint density at radius 3 is 2.35 bits per heavy atom. The van der Waals surface area contributed by atoms with Crippen LogP contribution in [0.4, 0.5) is 10.5 Å². The number of rotatable bonds is 2. The summed E-state index contributed by atoms with van der Waals surface area (Å²) in [7, 11) is 0. The van der Waals surface area contributed by atoms with E-state index in [0.717, 1.165) is 39.8 Å². The maximum absolute atomic E-state index is 12.1. The van der Waals surface area contributed by atoms with Crippen LogP contribution in [-0.2, 0) is 4.74 Å². The van der Waals surface area contributed by atoms with Crippen LogP contribution in [0, 0.1) is 10.5 Å². The van der Waals surface area contributed by atoms with E-state index < -0.39 is 5.60 Å². The summed E-state index contributed by atoms with van der Waals surface area (Å²) >= 11 is 2.25. The summed E-state index contributed by atoms with van der Waals surface area (Å²) in [5, 5.41) is 0. The molecular formula is C17H23IN2O3. The van der Waals surface area contributed by atoms with Crippen molar-refractivity contribution in [2.75, 3.05) is 31.1 Å². The van der Waals surface area contributed by atoms with Crippen molar-refractivity contribution in [1.29, 1.82) is 0 Å². The standard InChI is InChI=1S/C17H23IN2O3/c1-12-13(11-21)9-14(10-15(12)18)19-5-7-20(8-6-19)16(22)23-17(2,3)4/h9-11H,5-8H2,1-4H3. The zero-order valence-electron chi connectivity index (χ0n) is 14.1. The Kier molecular flexibility index (Phi) is 5.54. The monoisotopic (exact) mass is 430 g/mol. The van der Waals surface area contributed by atoms with E-state index in [4.69, 9.17) is 4.74 Å². The van der Waals surface area contributed by atoms with Gasteiger partial charge in [-0.05, 0) is 68.0 Å². The lowest BCUT2D eigenvalue weighted by molar-refractivity contribution is 0.0240. The number of amides is 1. The second kappa shape index (κ2) is 7.07. The number of aldehydes is 1. The van der Waals surface area contributed by atoms with Crippen LogP contribution in [-0.4, -0.2) is 49.1 Å². The Bertz CT molecular complexity index is 603. The van der Waals surface area contributed by atoms with Gasteiger partial charge in [0.2, 0.25) is 0 Å². The highest BCUT2D eigenvalue weighted by molar-refractivity contribution is 14.1. The van der Waals surface area contributed by atoms with Crippen molar-refractivity contribution in [1.82, 2.24) is 4.90 Å². The van der Waals surface area contributed by atoms with E-state index in [1.165, 1.54) is 0 Å². The number of hydrogen-bond donors (Lipinski definition) is 0. The number of carbonyl (C=O) groups is 2. The molecule has 1 aliphatic rings. The molecule has 2 rings (SSSR count). The van der Waals surface area contributed by atoms with Gasteiger partial charge in [-0.1, -0.05) is 0 Å². The quantitative estimate of drug-likeness (QED) is 0.533. The summed E-state index contributed by atoms with van der Waals surface area (Å²) in [5.41, 5.74) is 2.30. The van der Waals surface area contributed by atoms with Crippen molar-refractivity contribution in [3.63, 3.8) is 0 Å². The van der Waals surface area contributed by atoms with Gasteiger partial charge < -0.3 is 14.5 Å². The maximum Gasteiger partial charge on any atom is 0.410 e. The molecule has 0 atom stereocenters. The number of piperazine rings is 1. The molecule has 0 bridgehead atoms. The lowest BCUT2D eigenvalue weighted by Gasteiger charge is -2.37. The first kappa shape index (κ1) is 18.0. The van der Waals surface area contributed by atoms with Crippen molar-refractivity contribution >= 4 is 40.7 Å². The van der Waals surface area contributed by atoms with E-state index in [1.54, 1.807) is 4.90 Å². The zero-order chi connectivity index (χ0) is 17.2. The minimum Gasteiger partial charge on any atom is -0.444 e. The summed E-state index contributed by atoms with van der Waals surface area (Å²) in [6.45, 7) is 10.3. The zero-order valence-corrected chi connectivity index (χ0v) is 16.2. The van der Waals surface area contributed by atoms with Crippen LogP contribution in [0.25, 0.3) is 0 Å². The molecule has 1 aromatic carbocycles. The predicted octanol–water partition coefficient (Wildman–Crippen LogP) is 3.47. The third kappa shape index (κ3) is 4.59. The summed E-state index contributed by atoms with van der Waals surface area (Å²) in [4.78, 5) is 27.2. The first-order valence-corrected chi connectivity index (χ1v) is 8.77. The molecule has 1 fully saturated rings. The molecule has 0 spiro atoms. The number of ether oxygens (including phenoxy) is 1. The van der Waals surface area contributed by atoms with Crippen molar-refractivity contribution < 1.29 is 14.3 Å². The number of anilines is 1. The average Bonchev–Trinajstić information content (AvgIpc) is 2.48. The molecule has 0 N–H and O–H groups in total. The Morgan fingerprint density at radius 1 is 1.22 bits per heavy atom. The number of nitrogens with zero attached hydrogens (tertiary/aromatic N) is 2. The Balaban J connectivity index is 2.03. The predicted molar refractivity (Wildman–Crippen MR) is 99.3 cm³/mol. The molecule has 6 heteroatoms. The fourth-order valence-corrected chi connectivity index (χ4v) is 3.09. The Morgan fingerprint density at radius 2 is 1.83 bits per heavy atom. The van der Waals surface area contributed by atoms with Crippen LogP contribution < -0.4 is 4.90 Å². The highest BCUT2D eigenvalue weighted by atomic mass is 127. The van der Waals surface area contributed by atoms with Gasteiger partial charge in [0.1, 0.15) is 11.9 Å². The molecule has 23 heavy (non-hydrogen) atoms. The van der Waals surface area contributed by atoms with Gasteiger partial charge in [0.05, 0.1) is 0 Å². The molecule has 1 amide bonds. The molecule has 5 nitrogen and oxygen atoms in total. The first-order valence-electron chi connectivity index (χ1n) is 7.69. The third-order valence-electron chi connectivity index (χ3n) is 3.79. The van der Waals surface area contributed by atoms with E-state index >= 15 is 0 Å². The summed E-state index contributed by atoms with van der Waals surface area (Å²) in [6, 6.07) is 4.01. The van der Waals surface area contributed by atoms with Gasteiger partial charge >= 0.3 is 6.09 Å². The summed E-state index contributed by atoms with van der Waals surface area (Å²) in [5.74, 6) is 0. The van der Waals surface area contributed by atoms with Crippen LogP contribution in [0.2, 0.25) is 0 Å². The van der Waals surface area contributed by atoms with Crippen LogP contribution in [0.5, 0.6) is 0 Å².